The van der Waals surface area contributed by atoms with Crippen LogP contribution in [0.1, 0.15) is 41.5 Å². The first-order valence-electron chi connectivity index (χ1n) is 8.17. The lowest BCUT2D eigenvalue weighted by atomic mass is 9.97. The van der Waals surface area contributed by atoms with Crippen LogP contribution in [0.3, 0.4) is 0 Å². The summed E-state index contributed by atoms with van der Waals surface area (Å²) in [5.74, 6) is 1.10. The van der Waals surface area contributed by atoms with Crippen molar-refractivity contribution in [3.8, 4) is 0 Å². The summed E-state index contributed by atoms with van der Waals surface area (Å²) in [6.45, 7) is 5.22. The van der Waals surface area contributed by atoms with Crippen LogP contribution >= 0.6 is 0 Å². The minimum absolute atomic E-state index is 0.804. The molecule has 0 N–H and O–H groups in total. The van der Waals surface area contributed by atoms with Gasteiger partial charge < -0.3 is 4.90 Å². The van der Waals surface area contributed by atoms with Crippen LogP contribution < -0.4 is 4.90 Å². The van der Waals surface area contributed by atoms with E-state index in [4.69, 9.17) is 4.99 Å². The maximum Gasteiger partial charge on any atom is 0.129 e. The number of fused-ring (bicyclic) bond motifs is 1. The molecule has 2 aliphatic rings. The van der Waals surface area contributed by atoms with Gasteiger partial charge in [0, 0.05) is 30.4 Å². The van der Waals surface area contributed by atoms with Gasteiger partial charge in [-0.25, -0.2) is 4.98 Å². The number of aryl methyl sites for hydroxylation is 1. The number of hydrogen-bond donors (Lipinski definition) is 0. The van der Waals surface area contributed by atoms with Crippen molar-refractivity contribution in [3.05, 3.63) is 58.8 Å². The summed E-state index contributed by atoms with van der Waals surface area (Å²) >= 11 is 0. The van der Waals surface area contributed by atoms with E-state index in [9.17, 15) is 0 Å². The molecule has 0 amide bonds. The van der Waals surface area contributed by atoms with Gasteiger partial charge in [0.05, 0.1) is 12.3 Å². The molecule has 3 heterocycles. The van der Waals surface area contributed by atoms with Crippen molar-refractivity contribution in [2.75, 3.05) is 18.0 Å². The third kappa shape index (κ3) is 2.31. The normalized spacial score (nSPS) is 17.3. The first-order valence-corrected chi connectivity index (χ1v) is 8.17. The fourth-order valence-corrected chi connectivity index (χ4v) is 3.49. The van der Waals surface area contributed by atoms with Crippen LogP contribution in [0.4, 0.5) is 5.82 Å². The summed E-state index contributed by atoms with van der Waals surface area (Å²) in [5.41, 5.74) is 6.31. The smallest absolute Gasteiger partial charge is 0.129 e. The molecule has 112 valence electrons. The van der Waals surface area contributed by atoms with Gasteiger partial charge in [-0.2, -0.15) is 0 Å². The van der Waals surface area contributed by atoms with Gasteiger partial charge in [0.25, 0.3) is 0 Å². The minimum atomic E-state index is 0.804. The maximum absolute atomic E-state index is 4.79. The fourth-order valence-electron chi connectivity index (χ4n) is 3.49. The van der Waals surface area contributed by atoms with E-state index < -0.39 is 0 Å². The monoisotopic (exact) mass is 291 g/mol. The molecule has 1 fully saturated rings. The Kier molecular flexibility index (Phi) is 3.41. The first-order chi connectivity index (χ1) is 10.8. The fraction of sp³-hybridized carbons (Fsp3) is 0.368. The SMILES string of the molecule is Cc1cccc2c1CN=C2c1ccnc(N2CCCCC2)c1. The molecular formula is C19H21N3. The molecule has 4 rings (SSSR count). The van der Waals surface area contributed by atoms with E-state index in [1.807, 2.05) is 6.20 Å². The minimum Gasteiger partial charge on any atom is -0.357 e. The summed E-state index contributed by atoms with van der Waals surface area (Å²) in [4.78, 5) is 11.8. The summed E-state index contributed by atoms with van der Waals surface area (Å²) in [6, 6.07) is 10.8. The summed E-state index contributed by atoms with van der Waals surface area (Å²) < 4.78 is 0. The standard InChI is InChI=1S/C19H21N3/c1-14-6-5-7-16-17(14)13-21-19(16)15-8-9-20-18(12-15)22-10-3-2-4-11-22/h5-9,12H,2-4,10-11,13H2,1H3. The Balaban J connectivity index is 1.69. The van der Waals surface area contributed by atoms with Gasteiger partial charge in [0.1, 0.15) is 5.82 Å². The van der Waals surface area contributed by atoms with Crippen molar-refractivity contribution in [3.63, 3.8) is 0 Å². The number of aliphatic imine (C=N–C) groups is 1. The highest BCUT2D eigenvalue weighted by Crippen LogP contribution is 2.27. The van der Waals surface area contributed by atoms with E-state index in [0.717, 1.165) is 31.2 Å². The Morgan fingerprint density at radius 1 is 1.05 bits per heavy atom. The van der Waals surface area contributed by atoms with Crippen molar-refractivity contribution >= 4 is 11.5 Å². The molecule has 2 aromatic rings. The summed E-state index contributed by atoms with van der Waals surface area (Å²) in [5, 5.41) is 0. The first kappa shape index (κ1) is 13.5. The van der Waals surface area contributed by atoms with Crippen LogP contribution in [-0.2, 0) is 6.54 Å². The Bertz CT molecular complexity index is 727. The molecule has 0 saturated carbocycles. The second kappa shape index (κ2) is 5.56. The Morgan fingerprint density at radius 2 is 1.91 bits per heavy atom. The lowest BCUT2D eigenvalue weighted by Gasteiger charge is -2.27. The maximum atomic E-state index is 4.79. The summed E-state index contributed by atoms with van der Waals surface area (Å²) in [7, 11) is 0. The zero-order valence-corrected chi connectivity index (χ0v) is 13.0. The molecule has 0 radical (unpaired) electrons. The van der Waals surface area contributed by atoms with E-state index in [1.54, 1.807) is 0 Å². The van der Waals surface area contributed by atoms with Gasteiger partial charge in [-0.05, 0) is 49.4 Å². The van der Waals surface area contributed by atoms with Crippen molar-refractivity contribution < 1.29 is 0 Å². The van der Waals surface area contributed by atoms with Crippen LogP contribution in [0.25, 0.3) is 0 Å². The number of rotatable bonds is 2. The number of pyridine rings is 1. The predicted octanol–water partition coefficient (Wildman–Crippen LogP) is 3.73. The van der Waals surface area contributed by atoms with Crippen LogP contribution in [-0.4, -0.2) is 23.8 Å². The zero-order chi connectivity index (χ0) is 14.9. The average Bonchev–Trinajstić information content (AvgIpc) is 3.01. The third-order valence-corrected chi connectivity index (χ3v) is 4.76. The second-order valence-electron chi connectivity index (χ2n) is 6.22. The zero-order valence-electron chi connectivity index (χ0n) is 13.0. The topological polar surface area (TPSA) is 28.5 Å². The Morgan fingerprint density at radius 3 is 2.77 bits per heavy atom. The number of nitrogens with zero attached hydrogens (tertiary/aromatic N) is 3. The highest BCUT2D eigenvalue weighted by atomic mass is 15.2. The number of anilines is 1. The molecule has 0 aliphatic carbocycles. The van der Waals surface area contributed by atoms with Gasteiger partial charge in [-0.1, -0.05) is 18.2 Å². The van der Waals surface area contributed by atoms with Crippen molar-refractivity contribution in [2.45, 2.75) is 32.7 Å². The lowest BCUT2D eigenvalue weighted by Crippen LogP contribution is -2.30. The largest absolute Gasteiger partial charge is 0.357 e. The van der Waals surface area contributed by atoms with Gasteiger partial charge in [-0.3, -0.25) is 4.99 Å². The molecule has 22 heavy (non-hydrogen) atoms. The highest BCUT2D eigenvalue weighted by Gasteiger charge is 2.20. The number of benzene rings is 1. The molecule has 0 spiro atoms. The van der Waals surface area contributed by atoms with Crippen molar-refractivity contribution in [2.24, 2.45) is 4.99 Å². The molecule has 1 aromatic heterocycles. The Labute approximate surface area is 131 Å². The highest BCUT2D eigenvalue weighted by molar-refractivity contribution is 6.15. The molecule has 0 bridgehead atoms. The number of piperidine rings is 1. The second-order valence-corrected chi connectivity index (χ2v) is 6.22. The molecule has 1 aromatic carbocycles. The molecular weight excluding hydrogens is 270 g/mol. The summed E-state index contributed by atoms with van der Waals surface area (Å²) in [6.07, 6.45) is 5.81. The van der Waals surface area contributed by atoms with E-state index >= 15 is 0 Å². The predicted molar refractivity (Wildman–Crippen MR) is 90.8 cm³/mol. The van der Waals surface area contributed by atoms with Crippen molar-refractivity contribution in [1.82, 2.24) is 4.98 Å². The van der Waals surface area contributed by atoms with Gasteiger partial charge >= 0.3 is 0 Å². The Hall–Kier alpha value is -2.16. The number of hydrogen-bond acceptors (Lipinski definition) is 3. The van der Waals surface area contributed by atoms with Crippen molar-refractivity contribution in [1.29, 1.82) is 0 Å². The van der Waals surface area contributed by atoms with E-state index in [-0.39, 0.29) is 0 Å². The van der Waals surface area contributed by atoms with Crippen LogP contribution in [0.15, 0.2) is 41.5 Å². The molecule has 0 unspecified atom stereocenters. The van der Waals surface area contributed by atoms with E-state index in [2.05, 4.69) is 47.1 Å². The number of aromatic nitrogens is 1. The van der Waals surface area contributed by atoms with E-state index in [0.29, 0.717) is 0 Å². The molecule has 2 aliphatic heterocycles. The molecule has 3 nitrogen and oxygen atoms in total. The van der Waals surface area contributed by atoms with E-state index in [1.165, 1.54) is 41.5 Å². The lowest BCUT2D eigenvalue weighted by molar-refractivity contribution is 0.573. The average molecular weight is 291 g/mol. The van der Waals surface area contributed by atoms with Crippen LogP contribution in [0.2, 0.25) is 0 Å². The third-order valence-electron chi connectivity index (χ3n) is 4.76. The molecule has 1 saturated heterocycles. The molecule has 0 atom stereocenters. The van der Waals surface area contributed by atoms with Crippen LogP contribution in [0.5, 0.6) is 0 Å². The van der Waals surface area contributed by atoms with Gasteiger partial charge in [0.2, 0.25) is 0 Å². The van der Waals surface area contributed by atoms with Crippen LogP contribution in [0, 0.1) is 6.92 Å². The molecule has 3 heteroatoms. The van der Waals surface area contributed by atoms with Gasteiger partial charge in [-0.15, -0.1) is 0 Å². The quantitative estimate of drug-likeness (QED) is 0.843. The van der Waals surface area contributed by atoms with Gasteiger partial charge in [0.15, 0.2) is 0 Å².